The summed E-state index contributed by atoms with van der Waals surface area (Å²) in [5, 5.41) is 0. The fourth-order valence-corrected chi connectivity index (χ4v) is 4.08. The van der Waals surface area contributed by atoms with Crippen molar-refractivity contribution in [1.29, 1.82) is 0 Å². The Morgan fingerprint density at radius 2 is 0.775 bits per heavy atom. The van der Waals surface area contributed by atoms with Gasteiger partial charge in [0.15, 0.2) is 0 Å². The maximum atomic E-state index is 2.12. The van der Waals surface area contributed by atoms with Gasteiger partial charge in [-0.3, -0.25) is 0 Å². The molecule has 0 spiro atoms. The van der Waals surface area contributed by atoms with Crippen molar-refractivity contribution in [1.82, 2.24) is 48.3 Å². The van der Waals surface area contributed by atoms with Crippen LogP contribution < -0.4 is 9.13 Å². The van der Waals surface area contributed by atoms with Crippen molar-refractivity contribution in [3.05, 3.63) is 114 Å². The average Bonchev–Trinajstić information content (AvgIpc) is 3.72. The Morgan fingerprint density at radius 3 is 0.975 bits per heavy atom. The molecule has 0 saturated carbocycles. The minimum Gasteiger partial charge on any atom is -0.511 e. The molecule has 4 aliphatic heterocycles. The van der Waals surface area contributed by atoms with Crippen molar-refractivity contribution in [3.8, 4) is 0 Å². The Bertz CT molecular complexity index is 1020. The van der Waals surface area contributed by atoms with Gasteiger partial charge in [0.1, 0.15) is 24.8 Å². The Labute approximate surface area is 253 Å². The molecule has 4 aliphatic rings. The molecule has 12 nitrogen and oxygen atoms in total. The van der Waals surface area contributed by atoms with Crippen molar-refractivity contribution in [3.63, 3.8) is 0 Å². The third kappa shape index (κ3) is 9.88. The number of rotatable bonds is 6. The van der Waals surface area contributed by atoms with Gasteiger partial charge in [-0.25, -0.2) is 9.13 Å². The molecule has 0 aliphatic carbocycles. The molecule has 40 heavy (non-hydrogen) atoms. The van der Waals surface area contributed by atoms with E-state index in [1.165, 1.54) is 0 Å². The molecule has 6 rings (SSSR count). The van der Waals surface area contributed by atoms with E-state index >= 15 is 0 Å². The molecule has 0 atom stereocenters. The molecule has 0 aromatic carbocycles. The van der Waals surface area contributed by atoms with Crippen LogP contribution in [0.1, 0.15) is 0 Å². The molecular weight excluding hydrogens is 599 g/mol. The van der Waals surface area contributed by atoms with Gasteiger partial charge in [0.25, 0.3) is 0 Å². The molecule has 6 heterocycles. The van der Waals surface area contributed by atoms with E-state index in [9.17, 15) is 0 Å². The Morgan fingerprint density at radius 1 is 0.475 bits per heavy atom. The minimum atomic E-state index is 0. The fourth-order valence-electron chi connectivity index (χ4n) is 4.08. The van der Waals surface area contributed by atoms with Crippen molar-refractivity contribution >= 4 is 0 Å². The van der Waals surface area contributed by atoms with E-state index in [1.54, 1.807) is 0 Å². The Hall–Kier alpha value is -3.56. The van der Waals surface area contributed by atoms with Crippen LogP contribution in [0.25, 0.3) is 0 Å². The third-order valence-electron chi connectivity index (χ3n) is 5.92. The molecule has 0 radical (unpaired) electrons. The first-order valence-electron chi connectivity index (χ1n) is 12.8. The SMILES string of the molecule is CN1C=CN(CN2C=CN(C)[CH-]2)[CH-]1.CN1C=CN(CN2C=CN(C)[CH-]2)[CH-]1.C[n+]1ccn(Cn2cc[n+](C)c2)c1.[Pd]. The zero-order chi connectivity index (χ0) is 27.8. The van der Waals surface area contributed by atoms with Crippen molar-refractivity contribution in [2.24, 2.45) is 14.1 Å². The van der Waals surface area contributed by atoms with E-state index in [2.05, 4.69) is 105 Å². The molecule has 0 unspecified atom stereocenters. The molecule has 0 bridgehead atoms. The third-order valence-corrected chi connectivity index (χ3v) is 5.92. The van der Waals surface area contributed by atoms with Crippen LogP contribution in [0.5, 0.6) is 0 Å². The molecular formula is C27H42N12Pd-2. The molecule has 0 amide bonds. The normalized spacial score (nSPS) is 17.1. The van der Waals surface area contributed by atoms with E-state index in [0.717, 1.165) is 20.0 Å². The predicted molar refractivity (Wildman–Crippen MR) is 149 cm³/mol. The number of hydrogen-bond acceptors (Lipinski definition) is 8. The first-order chi connectivity index (χ1) is 18.7. The van der Waals surface area contributed by atoms with E-state index in [0.29, 0.717) is 0 Å². The summed E-state index contributed by atoms with van der Waals surface area (Å²) in [4.78, 5) is 16.6. The van der Waals surface area contributed by atoms with Gasteiger partial charge in [-0.2, -0.15) is 35.8 Å². The largest absolute Gasteiger partial charge is 0.511 e. The first kappa shape index (κ1) is 31.0. The number of aryl methyl sites for hydroxylation is 2. The smallest absolute Gasteiger partial charge is 0.246 e. The molecule has 2 aromatic heterocycles. The van der Waals surface area contributed by atoms with E-state index in [4.69, 9.17) is 0 Å². The van der Waals surface area contributed by atoms with Gasteiger partial charge < -0.3 is 39.2 Å². The average molecular weight is 641 g/mol. The topological polar surface area (TPSA) is 43.5 Å². The standard InChI is InChI=1S/3C9H14N4.Pd/c3*1-10-3-5-12(7-10)9-13-6-4-11(2)8-13;/h3*3-8H,9H2,1-2H3;/q2*-2;+2;. The van der Waals surface area contributed by atoms with Gasteiger partial charge >= 0.3 is 0 Å². The second-order valence-corrected chi connectivity index (χ2v) is 9.98. The van der Waals surface area contributed by atoms with Crippen LogP contribution >= 0.6 is 0 Å². The van der Waals surface area contributed by atoms with E-state index < -0.39 is 0 Å². The minimum absolute atomic E-state index is 0. The number of nitrogens with zero attached hydrogens (tertiary/aromatic N) is 12. The van der Waals surface area contributed by atoms with Crippen LogP contribution in [0.4, 0.5) is 0 Å². The van der Waals surface area contributed by atoms with Crippen molar-refractivity contribution < 1.29 is 29.6 Å². The van der Waals surface area contributed by atoms with E-state index in [-0.39, 0.29) is 20.4 Å². The monoisotopic (exact) mass is 640 g/mol. The predicted octanol–water partition coefficient (Wildman–Crippen LogP) is 0.681. The Kier molecular flexibility index (Phi) is 11.4. The quantitative estimate of drug-likeness (QED) is 0.260. The van der Waals surface area contributed by atoms with Gasteiger partial charge in [-0.1, -0.05) is 0 Å². The summed E-state index contributed by atoms with van der Waals surface area (Å²) in [5.41, 5.74) is 0. The summed E-state index contributed by atoms with van der Waals surface area (Å²) in [6.07, 6.45) is 28.6. The number of imidazole rings is 2. The molecule has 13 heteroatoms. The van der Waals surface area contributed by atoms with Gasteiger partial charge in [-0.15, -0.1) is 0 Å². The summed E-state index contributed by atoms with van der Waals surface area (Å²) < 4.78 is 8.31. The molecule has 222 valence electrons. The van der Waals surface area contributed by atoms with Crippen LogP contribution in [0.3, 0.4) is 0 Å². The van der Waals surface area contributed by atoms with Crippen LogP contribution in [0.15, 0.2) is 87.0 Å². The molecule has 2 aromatic rings. The molecule has 0 N–H and O–H groups in total. The summed E-state index contributed by atoms with van der Waals surface area (Å²) in [7, 11) is 12.1. The first-order valence-corrected chi connectivity index (χ1v) is 12.8. The second-order valence-electron chi connectivity index (χ2n) is 9.98. The summed E-state index contributed by atoms with van der Waals surface area (Å²) in [5.74, 6) is 0. The fraction of sp³-hybridized carbons (Fsp3) is 0.333. The van der Waals surface area contributed by atoms with Crippen LogP contribution in [0.2, 0.25) is 0 Å². The van der Waals surface area contributed by atoms with Crippen LogP contribution in [-0.4, -0.2) is 89.9 Å². The van der Waals surface area contributed by atoms with Crippen molar-refractivity contribution in [2.45, 2.75) is 6.67 Å². The maximum Gasteiger partial charge on any atom is 0.246 e. The van der Waals surface area contributed by atoms with Crippen LogP contribution in [0, 0.1) is 26.7 Å². The molecule has 0 fully saturated rings. The van der Waals surface area contributed by atoms with Gasteiger partial charge in [0.05, 0.1) is 14.1 Å². The van der Waals surface area contributed by atoms with Crippen molar-refractivity contribution in [2.75, 3.05) is 41.5 Å². The number of aromatic nitrogens is 4. The van der Waals surface area contributed by atoms with Gasteiger partial charge in [0.2, 0.25) is 19.3 Å². The Balaban J connectivity index is 0.000000163. The maximum absolute atomic E-state index is 2.12. The van der Waals surface area contributed by atoms with Gasteiger partial charge in [0, 0.05) is 33.8 Å². The zero-order valence-corrected chi connectivity index (χ0v) is 25.8. The summed E-state index contributed by atoms with van der Waals surface area (Å²) in [6, 6.07) is 0. The van der Waals surface area contributed by atoms with E-state index in [1.807, 2.05) is 108 Å². The van der Waals surface area contributed by atoms with Crippen LogP contribution in [-0.2, 0) is 41.2 Å². The molecule has 0 saturated heterocycles. The van der Waals surface area contributed by atoms with Gasteiger partial charge in [-0.05, 0) is 77.8 Å². The zero-order valence-electron chi connectivity index (χ0n) is 24.2. The second kappa shape index (κ2) is 14.7. The summed E-state index contributed by atoms with van der Waals surface area (Å²) in [6.45, 7) is 10.8. The summed E-state index contributed by atoms with van der Waals surface area (Å²) >= 11 is 0. The number of hydrogen-bond donors (Lipinski definition) is 0.